The van der Waals surface area contributed by atoms with Crippen molar-refractivity contribution in [2.45, 2.75) is 33.7 Å². The average molecular weight is 335 g/mol. The van der Waals surface area contributed by atoms with Crippen molar-refractivity contribution >= 4 is 28.5 Å². The van der Waals surface area contributed by atoms with Gasteiger partial charge in [0.25, 0.3) is 0 Å². The third kappa shape index (κ3) is 4.11. The first kappa shape index (κ1) is 13.5. The van der Waals surface area contributed by atoms with E-state index in [1.807, 2.05) is 17.8 Å². The van der Waals surface area contributed by atoms with E-state index in [2.05, 4.69) is 46.9 Å². The first-order valence-corrected chi connectivity index (χ1v) is 6.53. The van der Waals surface area contributed by atoms with Crippen LogP contribution < -0.4 is 5.32 Å². The summed E-state index contributed by atoms with van der Waals surface area (Å²) in [4.78, 5) is 11.5. The van der Waals surface area contributed by atoms with E-state index in [0.717, 1.165) is 15.8 Å². The van der Waals surface area contributed by atoms with Crippen LogP contribution in [0.25, 0.3) is 0 Å². The molecule has 16 heavy (non-hydrogen) atoms. The van der Waals surface area contributed by atoms with Gasteiger partial charge in [0.2, 0.25) is 5.91 Å². The largest absolute Gasteiger partial charge is 0.356 e. The third-order valence-electron chi connectivity index (χ3n) is 2.30. The zero-order valence-corrected chi connectivity index (χ0v) is 12.1. The monoisotopic (exact) mass is 335 g/mol. The van der Waals surface area contributed by atoms with Crippen LogP contribution >= 0.6 is 22.6 Å². The predicted molar refractivity (Wildman–Crippen MR) is 72.1 cm³/mol. The maximum Gasteiger partial charge on any atom is 0.221 e. The van der Waals surface area contributed by atoms with E-state index in [1.165, 1.54) is 0 Å². The molecule has 0 aromatic carbocycles. The minimum atomic E-state index is 0.0959. The fourth-order valence-corrected chi connectivity index (χ4v) is 1.67. The Morgan fingerprint density at radius 3 is 2.81 bits per heavy atom. The lowest BCUT2D eigenvalue weighted by molar-refractivity contribution is -0.121. The highest BCUT2D eigenvalue weighted by Crippen LogP contribution is 2.09. The molecule has 0 fully saturated rings. The number of rotatable bonds is 5. The summed E-state index contributed by atoms with van der Waals surface area (Å²) in [5.74, 6) is 0.593. The van der Waals surface area contributed by atoms with E-state index in [4.69, 9.17) is 0 Å². The van der Waals surface area contributed by atoms with Gasteiger partial charge in [-0.3, -0.25) is 9.48 Å². The molecule has 1 N–H and O–H groups in total. The lowest BCUT2D eigenvalue weighted by atomic mass is 10.2. The van der Waals surface area contributed by atoms with E-state index in [9.17, 15) is 4.79 Å². The molecule has 0 saturated carbocycles. The molecule has 4 nitrogen and oxygen atoms in total. The van der Waals surface area contributed by atoms with Crippen molar-refractivity contribution in [1.29, 1.82) is 0 Å². The van der Waals surface area contributed by atoms with Crippen LogP contribution in [0.5, 0.6) is 0 Å². The standard InChI is InChI=1S/C11H18IN3O/c1-8(2)6-13-11(16)4-5-15-9(3)10(12)7-14-15/h7-8H,4-6H2,1-3H3,(H,13,16). The fourth-order valence-electron chi connectivity index (χ4n) is 1.26. The molecule has 0 aliphatic rings. The van der Waals surface area contributed by atoms with E-state index in [1.54, 1.807) is 0 Å². The SMILES string of the molecule is Cc1c(I)cnn1CCC(=O)NCC(C)C. The normalized spacial score (nSPS) is 10.8. The summed E-state index contributed by atoms with van der Waals surface area (Å²) in [5.41, 5.74) is 1.12. The van der Waals surface area contributed by atoms with Gasteiger partial charge in [0.15, 0.2) is 0 Å². The van der Waals surface area contributed by atoms with Crippen molar-refractivity contribution in [1.82, 2.24) is 15.1 Å². The van der Waals surface area contributed by atoms with Gasteiger partial charge in [0.05, 0.1) is 9.77 Å². The highest BCUT2D eigenvalue weighted by molar-refractivity contribution is 14.1. The van der Waals surface area contributed by atoms with Crippen LogP contribution in [0.15, 0.2) is 6.20 Å². The van der Waals surface area contributed by atoms with Crippen molar-refractivity contribution in [3.63, 3.8) is 0 Å². The van der Waals surface area contributed by atoms with Crippen LogP contribution in [0, 0.1) is 16.4 Å². The van der Waals surface area contributed by atoms with Crippen molar-refractivity contribution in [3.8, 4) is 0 Å². The first-order valence-electron chi connectivity index (χ1n) is 5.45. The van der Waals surface area contributed by atoms with Crippen LogP contribution in [0.3, 0.4) is 0 Å². The Kier molecular flexibility index (Phi) is 5.24. The van der Waals surface area contributed by atoms with Crippen LogP contribution in [0.4, 0.5) is 0 Å². The number of carbonyl (C=O) groups excluding carboxylic acids is 1. The van der Waals surface area contributed by atoms with Crippen molar-refractivity contribution in [2.24, 2.45) is 5.92 Å². The van der Waals surface area contributed by atoms with E-state index >= 15 is 0 Å². The molecule has 5 heteroatoms. The van der Waals surface area contributed by atoms with Gasteiger partial charge < -0.3 is 5.32 Å². The van der Waals surface area contributed by atoms with Gasteiger partial charge in [-0.2, -0.15) is 5.10 Å². The molecule has 0 unspecified atom stereocenters. The number of nitrogens with one attached hydrogen (secondary N) is 1. The lowest BCUT2D eigenvalue weighted by Gasteiger charge is -2.08. The van der Waals surface area contributed by atoms with Gasteiger partial charge in [-0.15, -0.1) is 0 Å². The van der Waals surface area contributed by atoms with Gasteiger partial charge >= 0.3 is 0 Å². The summed E-state index contributed by atoms with van der Waals surface area (Å²) < 4.78 is 3.01. The summed E-state index contributed by atoms with van der Waals surface area (Å²) in [6.45, 7) is 7.58. The quantitative estimate of drug-likeness (QED) is 0.837. The second-order valence-corrected chi connectivity index (χ2v) is 5.41. The Hall–Kier alpha value is -0.590. The highest BCUT2D eigenvalue weighted by Gasteiger charge is 2.06. The Morgan fingerprint density at radius 1 is 1.62 bits per heavy atom. The Morgan fingerprint density at radius 2 is 2.31 bits per heavy atom. The molecule has 1 heterocycles. The van der Waals surface area contributed by atoms with Crippen molar-refractivity contribution in [3.05, 3.63) is 15.5 Å². The molecule has 0 aliphatic carbocycles. The maximum absolute atomic E-state index is 11.5. The number of aromatic nitrogens is 2. The van der Waals surface area contributed by atoms with Gasteiger partial charge in [0.1, 0.15) is 0 Å². The number of hydrogen-bond donors (Lipinski definition) is 1. The third-order valence-corrected chi connectivity index (χ3v) is 3.36. The summed E-state index contributed by atoms with van der Waals surface area (Å²) in [5, 5.41) is 7.11. The lowest BCUT2D eigenvalue weighted by Crippen LogP contribution is -2.28. The average Bonchev–Trinajstić information content (AvgIpc) is 2.54. The van der Waals surface area contributed by atoms with Crippen LogP contribution in [0.1, 0.15) is 26.0 Å². The second-order valence-electron chi connectivity index (χ2n) is 4.25. The van der Waals surface area contributed by atoms with E-state index < -0.39 is 0 Å². The molecule has 90 valence electrons. The van der Waals surface area contributed by atoms with E-state index in [0.29, 0.717) is 18.9 Å². The predicted octanol–water partition coefficient (Wildman–Crippen LogP) is 1.96. The topological polar surface area (TPSA) is 46.9 Å². The number of hydrogen-bond acceptors (Lipinski definition) is 2. The summed E-state index contributed by atoms with van der Waals surface area (Å²) in [6, 6.07) is 0. The molecule has 1 aromatic heterocycles. The molecule has 1 rings (SSSR count). The minimum absolute atomic E-state index is 0.0959. The van der Waals surface area contributed by atoms with Crippen molar-refractivity contribution < 1.29 is 4.79 Å². The molecular weight excluding hydrogens is 317 g/mol. The van der Waals surface area contributed by atoms with Gasteiger partial charge in [-0.25, -0.2) is 0 Å². The number of carbonyl (C=O) groups is 1. The van der Waals surface area contributed by atoms with Crippen LogP contribution in [0.2, 0.25) is 0 Å². The molecule has 0 atom stereocenters. The molecule has 1 amide bonds. The van der Waals surface area contributed by atoms with Gasteiger partial charge in [-0.05, 0) is 35.4 Å². The number of amides is 1. The number of aryl methyl sites for hydroxylation is 1. The second kappa shape index (κ2) is 6.22. The van der Waals surface area contributed by atoms with E-state index in [-0.39, 0.29) is 5.91 Å². The highest BCUT2D eigenvalue weighted by atomic mass is 127. The summed E-state index contributed by atoms with van der Waals surface area (Å²) >= 11 is 2.24. The number of halogens is 1. The van der Waals surface area contributed by atoms with Gasteiger partial charge in [-0.1, -0.05) is 13.8 Å². The molecule has 0 aliphatic heterocycles. The zero-order valence-electron chi connectivity index (χ0n) is 9.96. The first-order chi connectivity index (χ1) is 7.50. The fraction of sp³-hybridized carbons (Fsp3) is 0.636. The van der Waals surface area contributed by atoms with Crippen molar-refractivity contribution in [2.75, 3.05) is 6.54 Å². The minimum Gasteiger partial charge on any atom is -0.356 e. The molecule has 0 spiro atoms. The molecule has 0 radical (unpaired) electrons. The summed E-state index contributed by atoms with van der Waals surface area (Å²) in [6.07, 6.45) is 2.31. The smallest absolute Gasteiger partial charge is 0.221 e. The van der Waals surface area contributed by atoms with Crippen LogP contribution in [-0.2, 0) is 11.3 Å². The number of nitrogens with zero attached hydrogens (tertiary/aromatic N) is 2. The van der Waals surface area contributed by atoms with Crippen LogP contribution in [-0.4, -0.2) is 22.2 Å². The summed E-state index contributed by atoms with van der Waals surface area (Å²) in [7, 11) is 0. The molecule has 1 aromatic rings. The Labute approximate surface area is 110 Å². The Balaban J connectivity index is 2.34. The molecule has 0 bridgehead atoms. The Bertz CT molecular complexity index is 360. The zero-order chi connectivity index (χ0) is 12.1. The molecular formula is C11H18IN3O. The molecule has 0 saturated heterocycles. The maximum atomic E-state index is 11.5. The van der Waals surface area contributed by atoms with Gasteiger partial charge in [0, 0.05) is 25.2 Å².